The molecule has 1 fully saturated rings. The molecule has 0 saturated heterocycles. The number of rotatable bonds is 1. The van der Waals surface area contributed by atoms with Crippen LogP contribution in [0.25, 0.3) is 16.7 Å². The van der Waals surface area contributed by atoms with E-state index in [9.17, 15) is 4.79 Å². The van der Waals surface area contributed by atoms with E-state index in [1.54, 1.807) is 10.9 Å². The summed E-state index contributed by atoms with van der Waals surface area (Å²) < 4.78 is 3.66. The van der Waals surface area contributed by atoms with Gasteiger partial charge in [0.25, 0.3) is 5.56 Å². The van der Waals surface area contributed by atoms with Crippen LogP contribution in [-0.4, -0.2) is 19.2 Å². The van der Waals surface area contributed by atoms with Gasteiger partial charge in [-0.2, -0.15) is 0 Å². The molecule has 0 radical (unpaired) electrons. The van der Waals surface area contributed by atoms with E-state index in [0.717, 1.165) is 23.7 Å². The van der Waals surface area contributed by atoms with Crippen LogP contribution in [0, 0.1) is 0 Å². The van der Waals surface area contributed by atoms with Crippen molar-refractivity contribution in [3.8, 4) is 0 Å². The first-order valence-corrected chi connectivity index (χ1v) is 5.69. The zero-order chi connectivity index (χ0) is 11.4. The van der Waals surface area contributed by atoms with E-state index in [-0.39, 0.29) is 5.56 Å². The summed E-state index contributed by atoms with van der Waals surface area (Å²) in [6.07, 6.45) is 3.78. The molecule has 0 unspecified atom stereocenters. The number of aromatic nitrogens is 4. The molecule has 0 bridgehead atoms. The van der Waals surface area contributed by atoms with E-state index in [1.807, 2.05) is 28.7 Å². The third-order valence-electron chi connectivity index (χ3n) is 3.27. The Labute approximate surface area is 96.3 Å². The second kappa shape index (κ2) is 2.94. The van der Waals surface area contributed by atoms with Gasteiger partial charge in [-0.05, 0) is 25.0 Å². The number of benzene rings is 1. The van der Waals surface area contributed by atoms with Gasteiger partial charge in [-0.3, -0.25) is 13.8 Å². The lowest BCUT2D eigenvalue weighted by atomic mass is 10.2. The zero-order valence-corrected chi connectivity index (χ0v) is 9.08. The molecule has 2 aromatic heterocycles. The molecular weight excluding hydrogens is 216 g/mol. The Morgan fingerprint density at radius 1 is 1.24 bits per heavy atom. The van der Waals surface area contributed by atoms with E-state index in [1.165, 1.54) is 0 Å². The average molecular weight is 226 g/mol. The summed E-state index contributed by atoms with van der Waals surface area (Å²) in [7, 11) is 0. The summed E-state index contributed by atoms with van der Waals surface area (Å²) in [5, 5.41) is 8.71. The van der Waals surface area contributed by atoms with Crippen molar-refractivity contribution in [2.45, 2.75) is 18.9 Å². The van der Waals surface area contributed by atoms with Crippen LogP contribution in [0.1, 0.15) is 18.9 Å². The van der Waals surface area contributed by atoms with Crippen LogP contribution in [0.4, 0.5) is 0 Å². The van der Waals surface area contributed by atoms with Crippen molar-refractivity contribution in [1.29, 1.82) is 0 Å². The van der Waals surface area contributed by atoms with Crippen molar-refractivity contribution in [1.82, 2.24) is 19.2 Å². The highest BCUT2D eigenvalue weighted by molar-refractivity contribution is 5.80. The van der Waals surface area contributed by atoms with Crippen LogP contribution >= 0.6 is 0 Å². The SMILES string of the molecule is O=c1c2ccccc2n2cnnc2n1C1CC1. The normalized spacial score (nSPS) is 15.8. The molecule has 1 aliphatic carbocycles. The van der Waals surface area contributed by atoms with Gasteiger partial charge in [0.1, 0.15) is 6.33 Å². The van der Waals surface area contributed by atoms with Crippen LogP contribution in [0.2, 0.25) is 0 Å². The number of para-hydroxylation sites is 1. The number of hydrogen-bond donors (Lipinski definition) is 0. The summed E-state index contributed by atoms with van der Waals surface area (Å²) in [5.41, 5.74) is 0.915. The van der Waals surface area contributed by atoms with Gasteiger partial charge in [0, 0.05) is 6.04 Å². The average Bonchev–Trinajstić information content (AvgIpc) is 3.06. The van der Waals surface area contributed by atoms with Gasteiger partial charge in [0.15, 0.2) is 0 Å². The van der Waals surface area contributed by atoms with Gasteiger partial charge in [-0.25, -0.2) is 0 Å². The van der Waals surface area contributed by atoms with Crippen LogP contribution in [0.5, 0.6) is 0 Å². The van der Waals surface area contributed by atoms with Crippen molar-refractivity contribution in [3.05, 3.63) is 40.9 Å². The molecule has 0 atom stereocenters. The molecule has 3 aromatic rings. The van der Waals surface area contributed by atoms with Gasteiger partial charge in [0.2, 0.25) is 5.78 Å². The van der Waals surface area contributed by atoms with E-state index in [0.29, 0.717) is 11.8 Å². The summed E-state index contributed by atoms with van der Waals surface area (Å²) in [5.74, 6) is 0.649. The van der Waals surface area contributed by atoms with Crippen molar-refractivity contribution in [3.63, 3.8) is 0 Å². The van der Waals surface area contributed by atoms with Gasteiger partial charge >= 0.3 is 0 Å². The highest BCUT2D eigenvalue weighted by Gasteiger charge is 2.28. The van der Waals surface area contributed by atoms with Gasteiger partial charge < -0.3 is 0 Å². The summed E-state index contributed by atoms with van der Waals surface area (Å²) in [4.78, 5) is 12.4. The molecule has 1 aromatic carbocycles. The van der Waals surface area contributed by atoms with Crippen LogP contribution in [0.15, 0.2) is 35.4 Å². The minimum absolute atomic E-state index is 0.0450. The van der Waals surface area contributed by atoms with Crippen molar-refractivity contribution < 1.29 is 0 Å². The van der Waals surface area contributed by atoms with Crippen LogP contribution in [-0.2, 0) is 0 Å². The molecule has 1 saturated carbocycles. The van der Waals surface area contributed by atoms with E-state index < -0.39 is 0 Å². The van der Waals surface area contributed by atoms with Crippen molar-refractivity contribution in [2.24, 2.45) is 0 Å². The molecule has 0 amide bonds. The predicted octanol–water partition coefficient (Wildman–Crippen LogP) is 1.38. The first-order chi connectivity index (χ1) is 8.36. The lowest BCUT2D eigenvalue weighted by Gasteiger charge is -2.08. The van der Waals surface area contributed by atoms with Crippen molar-refractivity contribution >= 4 is 16.7 Å². The maximum absolute atomic E-state index is 12.4. The lowest BCUT2D eigenvalue weighted by molar-refractivity contribution is 0.716. The highest BCUT2D eigenvalue weighted by atomic mass is 16.1. The topological polar surface area (TPSA) is 52.2 Å². The van der Waals surface area contributed by atoms with Crippen molar-refractivity contribution in [2.75, 3.05) is 0 Å². The second-order valence-electron chi connectivity index (χ2n) is 4.42. The molecule has 5 nitrogen and oxygen atoms in total. The monoisotopic (exact) mass is 226 g/mol. The van der Waals surface area contributed by atoms with Crippen LogP contribution < -0.4 is 5.56 Å². The largest absolute Gasteiger partial charge is 0.273 e. The molecule has 4 rings (SSSR count). The van der Waals surface area contributed by atoms with E-state index in [4.69, 9.17) is 0 Å². The first kappa shape index (κ1) is 8.92. The minimum Gasteiger partial charge on any atom is -0.273 e. The standard InChI is InChI=1S/C12H10N4O/c17-11-9-3-1-2-4-10(9)15-7-13-14-12(15)16(11)8-5-6-8/h1-4,7-8H,5-6H2. The van der Waals surface area contributed by atoms with Gasteiger partial charge in [0.05, 0.1) is 10.9 Å². The fraction of sp³-hybridized carbons (Fsp3) is 0.250. The maximum atomic E-state index is 12.4. The Morgan fingerprint density at radius 3 is 2.88 bits per heavy atom. The maximum Gasteiger partial charge on any atom is 0.263 e. The third-order valence-corrected chi connectivity index (χ3v) is 3.27. The number of nitrogens with zero attached hydrogens (tertiary/aromatic N) is 4. The third kappa shape index (κ3) is 1.11. The summed E-state index contributed by atoms with van der Waals surface area (Å²) in [6.45, 7) is 0. The quantitative estimate of drug-likeness (QED) is 0.630. The zero-order valence-electron chi connectivity index (χ0n) is 9.08. The predicted molar refractivity (Wildman–Crippen MR) is 63.0 cm³/mol. The van der Waals surface area contributed by atoms with E-state index >= 15 is 0 Å². The smallest absolute Gasteiger partial charge is 0.263 e. The lowest BCUT2D eigenvalue weighted by Crippen LogP contribution is -2.22. The summed E-state index contributed by atoms with van der Waals surface area (Å²) >= 11 is 0. The molecule has 2 heterocycles. The Bertz CT molecular complexity index is 782. The molecule has 17 heavy (non-hydrogen) atoms. The molecular formula is C12H10N4O. The molecule has 0 aliphatic heterocycles. The molecule has 0 N–H and O–H groups in total. The fourth-order valence-corrected chi connectivity index (χ4v) is 2.31. The molecule has 1 aliphatic rings. The van der Waals surface area contributed by atoms with Crippen LogP contribution in [0.3, 0.4) is 0 Å². The minimum atomic E-state index is 0.0450. The number of fused-ring (bicyclic) bond motifs is 3. The van der Waals surface area contributed by atoms with Gasteiger partial charge in [-0.1, -0.05) is 12.1 Å². The Morgan fingerprint density at radius 2 is 2.06 bits per heavy atom. The highest BCUT2D eigenvalue weighted by Crippen LogP contribution is 2.34. The Kier molecular flexibility index (Phi) is 1.54. The van der Waals surface area contributed by atoms with E-state index in [2.05, 4.69) is 10.2 Å². The molecule has 5 heteroatoms. The first-order valence-electron chi connectivity index (χ1n) is 5.69. The fourth-order valence-electron chi connectivity index (χ4n) is 2.31. The van der Waals surface area contributed by atoms with Gasteiger partial charge in [-0.15, -0.1) is 10.2 Å². The molecule has 0 spiro atoms. The number of hydrogen-bond acceptors (Lipinski definition) is 3. The second-order valence-corrected chi connectivity index (χ2v) is 4.42. The Hall–Kier alpha value is -2.17. The molecule has 84 valence electrons. The Balaban J connectivity index is 2.32. The summed E-state index contributed by atoms with van der Waals surface area (Å²) in [6, 6.07) is 7.89.